The second kappa shape index (κ2) is 4.71. The first-order chi connectivity index (χ1) is 8.80. The van der Waals surface area contributed by atoms with Gasteiger partial charge in [-0.3, -0.25) is 4.79 Å². The lowest BCUT2D eigenvalue weighted by Crippen LogP contribution is -2.41. The number of primary sulfonamides is 1. The molecule has 8 heteroatoms. The van der Waals surface area contributed by atoms with Crippen LogP contribution in [0.3, 0.4) is 0 Å². The van der Waals surface area contributed by atoms with Crippen LogP contribution in [0, 0.1) is 0 Å². The van der Waals surface area contributed by atoms with Gasteiger partial charge >= 0.3 is 0 Å². The van der Waals surface area contributed by atoms with Crippen LogP contribution in [0.5, 0.6) is 0 Å². The molecule has 1 amide bonds. The summed E-state index contributed by atoms with van der Waals surface area (Å²) in [5.41, 5.74) is 11.6. The Morgan fingerprint density at radius 3 is 2.63 bits per heavy atom. The minimum Gasteiger partial charge on any atom is -0.399 e. The molecule has 1 aromatic rings. The van der Waals surface area contributed by atoms with E-state index in [4.69, 9.17) is 16.6 Å². The second-order valence-corrected chi connectivity index (χ2v) is 6.06. The van der Waals surface area contributed by atoms with Crippen LogP contribution >= 0.6 is 0 Å². The fraction of sp³-hybridized carbons (Fsp3) is 0.364. The first-order valence-electron chi connectivity index (χ1n) is 5.79. The number of anilines is 2. The van der Waals surface area contributed by atoms with Gasteiger partial charge in [-0.25, -0.2) is 13.6 Å². The molecule has 1 fully saturated rings. The molecule has 19 heavy (non-hydrogen) atoms. The van der Waals surface area contributed by atoms with Crippen molar-refractivity contribution >= 4 is 27.3 Å². The molecule has 2 rings (SSSR count). The minimum absolute atomic E-state index is 0.0827. The van der Waals surface area contributed by atoms with Gasteiger partial charge in [0.05, 0.1) is 5.69 Å². The van der Waals surface area contributed by atoms with Crippen molar-refractivity contribution < 1.29 is 13.2 Å². The maximum Gasteiger partial charge on any atom is 0.240 e. The molecule has 0 radical (unpaired) electrons. The summed E-state index contributed by atoms with van der Waals surface area (Å²) in [6.07, 6.45) is 1.37. The van der Waals surface area contributed by atoms with Crippen molar-refractivity contribution in [3.8, 4) is 0 Å². The topological polar surface area (TPSA) is 133 Å². The zero-order chi connectivity index (χ0) is 14.2. The molecule has 7 nitrogen and oxygen atoms in total. The molecule has 0 spiro atoms. The highest BCUT2D eigenvalue weighted by Gasteiger charge is 2.32. The van der Waals surface area contributed by atoms with Gasteiger partial charge < -0.3 is 16.4 Å². The van der Waals surface area contributed by atoms with Crippen LogP contribution in [0.25, 0.3) is 0 Å². The number of hydrogen-bond donors (Lipinski definition) is 3. The van der Waals surface area contributed by atoms with Gasteiger partial charge in [-0.05, 0) is 31.0 Å². The standard InChI is InChI=1S/C11H16N4O3S/c12-7-3-4-8(10(6-7)19(14,17)18)15-5-1-2-9(15)11(13)16/h3-4,6,9H,1-2,5,12H2,(H2,13,16)(H2,14,17,18). The second-order valence-electron chi connectivity index (χ2n) is 4.53. The Kier molecular flexibility index (Phi) is 3.38. The number of hydrogen-bond acceptors (Lipinski definition) is 5. The van der Waals surface area contributed by atoms with Gasteiger partial charge in [0.2, 0.25) is 15.9 Å². The number of carbonyl (C=O) groups is 1. The number of rotatable bonds is 3. The van der Waals surface area contributed by atoms with Crippen LogP contribution in [0.1, 0.15) is 12.8 Å². The SMILES string of the molecule is NC(=O)C1CCCN1c1ccc(N)cc1S(N)(=O)=O. The number of sulfonamides is 1. The van der Waals surface area contributed by atoms with Crippen molar-refractivity contribution in [1.82, 2.24) is 0 Å². The Balaban J connectivity index is 2.54. The van der Waals surface area contributed by atoms with Crippen LogP contribution in [0.2, 0.25) is 0 Å². The Labute approximate surface area is 111 Å². The third-order valence-corrected chi connectivity index (χ3v) is 4.12. The largest absolute Gasteiger partial charge is 0.399 e. The van der Waals surface area contributed by atoms with Crippen LogP contribution < -0.4 is 21.5 Å². The number of nitrogen functional groups attached to an aromatic ring is 1. The highest BCUT2D eigenvalue weighted by molar-refractivity contribution is 7.89. The first-order valence-corrected chi connectivity index (χ1v) is 7.33. The number of carbonyl (C=O) groups excluding carboxylic acids is 1. The van der Waals surface area contributed by atoms with E-state index >= 15 is 0 Å². The maximum atomic E-state index is 11.6. The van der Waals surface area contributed by atoms with E-state index in [1.54, 1.807) is 17.0 Å². The molecule has 1 unspecified atom stereocenters. The molecule has 1 saturated heterocycles. The fourth-order valence-electron chi connectivity index (χ4n) is 2.35. The predicted octanol–water partition coefficient (Wildman–Crippen LogP) is -0.630. The molecular weight excluding hydrogens is 268 g/mol. The normalized spacial score (nSPS) is 19.6. The van der Waals surface area contributed by atoms with E-state index in [2.05, 4.69) is 0 Å². The van der Waals surface area contributed by atoms with E-state index in [1.807, 2.05) is 0 Å². The Morgan fingerprint density at radius 1 is 1.37 bits per heavy atom. The molecule has 104 valence electrons. The quantitative estimate of drug-likeness (QED) is 0.636. The molecule has 1 aliphatic rings. The lowest BCUT2D eigenvalue weighted by molar-refractivity contribution is -0.119. The summed E-state index contributed by atoms with van der Waals surface area (Å²) in [5.74, 6) is -0.477. The molecule has 1 atom stereocenters. The van der Waals surface area contributed by atoms with Gasteiger partial charge in [-0.2, -0.15) is 0 Å². The van der Waals surface area contributed by atoms with Gasteiger partial charge in [-0.1, -0.05) is 0 Å². The first kappa shape index (κ1) is 13.6. The number of nitrogens with two attached hydrogens (primary N) is 3. The Morgan fingerprint density at radius 2 is 2.05 bits per heavy atom. The summed E-state index contributed by atoms with van der Waals surface area (Å²) in [6, 6.07) is 3.90. The lowest BCUT2D eigenvalue weighted by Gasteiger charge is -2.26. The minimum atomic E-state index is -3.92. The zero-order valence-electron chi connectivity index (χ0n) is 10.2. The van der Waals surface area contributed by atoms with Crippen molar-refractivity contribution in [3.63, 3.8) is 0 Å². The molecule has 1 aliphatic heterocycles. The van der Waals surface area contributed by atoms with Crippen molar-refractivity contribution in [2.45, 2.75) is 23.8 Å². The Hall–Kier alpha value is -1.80. The van der Waals surface area contributed by atoms with Crippen molar-refractivity contribution in [2.24, 2.45) is 10.9 Å². The number of nitrogens with zero attached hydrogens (tertiary/aromatic N) is 1. The lowest BCUT2D eigenvalue weighted by atomic mass is 10.2. The predicted molar refractivity (Wildman–Crippen MR) is 71.8 cm³/mol. The third-order valence-electron chi connectivity index (χ3n) is 3.18. The average molecular weight is 284 g/mol. The number of amides is 1. The third kappa shape index (κ3) is 2.64. The highest BCUT2D eigenvalue weighted by Crippen LogP contribution is 2.32. The summed E-state index contributed by atoms with van der Waals surface area (Å²) in [6.45, 7) is 0.556. The zero-order valence-corrected chi connectivity index (χ0v) is 11.1. The molecule has 0 bridgehead atoms. The average Bonchev–Trinajstić information content (AvgIpc) is 2.76. The molecule has 1 aromatic carbocycles. The van der Waals surface area contributed by atoms with Crippen molar-refractivity contribution in [3.05, 3.63) is 18.2 Å². The molecule has 6 N–H and O–H groups in total. The van der Waals surface area contributed by atoms with Crippen LogP contribution in [0.4, 0.5) is 11.4 Å². The van der Waals surface area contributed by atoms with Gasteiger partial charge in [0.1, 0.15) is 10.9 Å². The summed E-state index contributed by atoms with van der Waals surface area (Å²) in [5, 5.41) is 5.19. The summed E-state index contributed by atoms with van der Waals surface area (Å²) < 4.78 is 23.2. The summed E-state index contributed by atoms with van der Waals surface area (Å²) in [4.78, 5) is 13.0. The smallest absolute Gasteiger partial charge is 0.240 e. The van der Waals surface area contributed by atoms with Gasteiger partial charge in [0.25, 0.3) is 0 Å². The van der Waals surface area contributed by atoms with Gasteiger partial charge in [-0.15, -0.1) is 0 Å². The van der Waals surface area contributed by atoms with E-state index in [1.165, 1.54) is 6.07 Å². The van der Waals surface area contributed by atoms with Crippen LogP contribution in [0.15, 0.2) is 23.1 Å². The number of primary amides is 1. The molecule has 0 saturated carbocycles. The highest BCUT2D eigenvalue weighted by atomic mass is 32.2. The number of benzene rings is 1. The fourth-order valence-corrected chi connectivity index (χ4v) is 3.12. The van der Waals surface area contributed by atoms with Crippen LogP contribution in [-0.2, 0) is 14.8 Å². The van der Waals surface area contributed by atoms with Crippen molar-refractivity contribution in [2.75, 3.05) is 17.2 Å². The van der Waals surface area contributed by atoms with E-state index in [9.17, 15) is 13.2 Å². The monoisotopic (exact) mass is 284 g/mol. The van der Waals surface area contributed by atoms with E-state index in [0.717, 1.165) is 6.42 Å². The molecule has 1 heterocycles. The Bertz CT molecular complexity index is 614. The van der Waals surface area contributed by atoms with E-state index in [-0.39, 0.29) is 4.90 Å². The van der Waals surface area contributed by atoms with Gasteiger partial charge in [0.15, 0.2) is 0 Å². The summed E-state index contributed by atoms with van der Waals surface area (Å²) in [7, 11) is -3.92. The molecular formula is C11H16N4O3S. The molecule has 0 aliphatic carbocycles. The maximum absolute atomic E-state index is 11.6. The van der Waals surface area contributed by atoms with Crippen molar-refractivity contribution in [1.29, 1.82) is 0 Å². The van der Waals surface area contributed by atoms with Crippen LogP contribution in [-0.4, -0.2) is 26.9 Å². The van der Waals surface area contributed by atoms with Gasteiger partial charge in [0, 0.05) is 12.2 Å². The van der Waals surface area contributed by atoms with E-state index in [0.29, 0.717) is 24.3 Å². The summed E-state index contributed by atoms with van der Waals surface area (Å²) >= 11 is 0. The van der Waals surface area contributed by atoms with E-state index < -0.39 is 22.0 Å². The molecule has 0 aromatic heterocycles.